The summed E-state index contributed by atoms with van der Waals surface area (Å²) in [6.07, 6.45) is 1.50. The van der Waals surface area contributed by atoms with Gasteiger partial charge < -0.3 is 5.32 Å². The van der Waals surface area contributed by atoms with Crippen molar-refractivity contribution in [2.24, 2.45) is 5.84 Å². The number of nitrogens with zero attached hydrogens (tertiary/aromatic N) is 1. The number of nitrogen functional groups attached to an aromatic ring is 1. The zero-order valence-corrected chi connectivity index (χ0v) is 10.7. The summed E-state index contributed by atoms with van der Waals surface area (Å²) in [6.45, 7) is 0. The van der Waals surface area contributed by atoms with Gasteiger partial charge in [-0.2, -0.15) is 0 Å². The number of halogens is 1. The molecule has 0 unspecified atom stereocenters. The summed E-state index contributed by atoms with van der Waals surface area (Å²) >= 11 is 3.39. The topological polar surface area (TPSA) is 80.0 Å². The number of hydrogen-bond acceptors (Lipinski definition) is 4. The molecule has 88 valence electrons. The molecule has 6 heteroatoms. The van der Waals surface area contributed by atoms with Crippen molar-refractivity contribution in [2.45, 2.75) is 0 Å². The summed E-state index contributed by atoms with van der Waals surface area (Å²) in [6, 6.07) is 5.68. The van der Waals surface area contributed by atoms with Crippen molar-refractivity contribution < 1.29 is 4.79 Å². The zero-order valence-electron chi connectivity index (χ0n) is 9.12. The maximum Gasteiger partial charge on any atom is 0.268 e. The summed E-state index contributed by atoms with van der Waals surface area (Å²) in [7, 11) is 1.75. The van der Waals surface area contributed by atoms with E-state index in [-0.39, 0.29) is 5.91 Å². The average Bonchev–Trinajstić information content (AvgIpc) is 2.36. The highest BCUT2D eigenvalue weighted by molar-refractivity contribution is 9.10. The highest BCUT2D eigenvalue weighted by Gasteiger charge is 2.13. The number of amides is 1. The third-order valence-corrected chi connectivity index (χ3v) is 2.95. The van der Waals surface area contributed by atoms with E-state index in [9.17, 15) is 4.79 Å². The second kappa shape index (κ2) is 4.68. The molecule has 1 heterocycles. The number of nitrogens with two attached hydrogens (primary N) is 1. The molecule has 4 N–H and O–H groups in total. The first-order valence-corrected chi connectivity index (χ1v) is 5.73. The SMILES string of the molecule is CNc1c(C(=O)NN)cnc2ccc(Br)cc12. The third kappa shape index (κ3) is 2.09. The van der Waals surface area contributed by atoms with Gasteiger partial charge in [0.05, 0.1) is 16.8 Å². The number of rotatable bonds is 2. The lowest BCUT2D eigenvalue weighted by Gasteiger charge is -2.11. The molecular formula is C11H11BrN4O. The van der Waals surface area contributed by atoms with Gasteiger partial charge in [0.25, 0.3) is 5.91 Å². The molecule has 2 aromatic rings. The molecule has 1 aromatic carbocycles. The fraction of sp³-hybridized carbons (Fsp3) is 0.0909. The standard InChI is InChI=1S/C11H11BrN4O/c1-14-10-7-4-6(12)2-3-9(7)15-5-8(10)11(17)16-13/h2-5H,13H2,1H3,(H,14,15)(H,16,17). The molecule has 2 rings (SSSR count). The number of hydrogen-bond donors (Lipinski definition) is 3. The molecule has 0 saturated heterocycles. The average molecular weight is 295 g/mol. The van der Waals surface area contributed by atoms with Crippen LogP contribution in [-0.2, 0) is 0 Å². The van der Waals surface area contributed by atoms with E-state index < -0.39 is 0 Å². The minimum absolute atomic E-state index is 0.372. The van der Waals surface area contributed by atoms with Crippen LogP contribution in [0, 0.1) is 0 Å². The Kier molecular flexibility index (Phi) is 3.26. The lowest BCUT2D eigenvalue weighted by molar-refractivity contribution is 0.0954. The minimum Gasteiger partial charge on any atom is -0.387 e. The Morgan fingerprint density at radius 1 is 1.47 bits per heavy atom. The Hall–Kier alpha value is -1.66. The second-order valence-corrected chi connectivity index (χ2v) is 4.35. The fourth-order valence-electron chi connectivity index (χ4n) is 1.68. The third-order valence-electron chi connectivity index (χ3n) is 2.46. The number of benzene rings is 1. The second-order valence-electron chi connectivity index (χ2n) is 3.43. The number of carbonyl (C=O) groups excluding carboxylic acids is 1. The molecular weight excluding hydrogens is 284 g/mol. The van der Waals surface area contributed by atoms with Crippen LogP contribution in [0.5, 0.6) is 0 Å². The van der Waals surface area contributed by atoms with Gasteiger partial charge in [0, 0.05) is 23.1 Å². The molecule has 0 saturated carbocycles. The number of nitrogens with one attached hydrogen (secondary N) is 2. The van der Waals surface area contributed by atoms with Gasteiger partial charge in [0.1, 0.15) is 0 Å². The van der Waals surface area contributed by atoms with Crippen molar-refractivity contribution in [1.82, 2.24) is 10.4 Å². The van der Waals surface area contributed by atoms with Gasteiger partial charge >= 0.3 is 0 Å². The zero-order chi connectivity index (χ0) is 12.4. The fourth-order valence-corrected chi connectivity index (χ4v) is 2.05. The first-order chi connectivity index (χ1) is 8.17. The van der Waals surface area contributed by atoms with E-state index in [1.165, 1.54) is 6.20 Å². The summed E-state index contributed by atoms with van der Waals surface area (Å²) in [5, 5.41) is 3.87. The summed E-state index contributed by atoms with van der Waals surface area (Å²) in [5.41, 5.74) is 4.04. The summed E-state index contributed by atoms with van der Waals surface area (Å²) in [5.74, 6) is 4.77. The molecule has 0 aliphatic heterocycles. The largest absolute Gasteiger partial charge is 0.387 e. The Morgan fingerprint density at radius 3 is 2.88 bits per heavy atom. The van der Waals surface area contributed by atoms with Crippen molar-refractivity contribution in [2.75, 3.05) is 12.4 Å². The predicted octanol–water partition coefficient (Wildman–Crippen LogP) is 1.64. The van der Waals surface area contributed by atoms with Gasteiger partial charge in [-0.05, 0) is 18.2 Å². The van der Waals surface area contributed by atoms with Gasteiger partial charge in [-0.1, -0.05) is 15.9 Å². The van der Waals surface area contributed by atoms with Crippen LogP contribution in [-0.4, -0.2) is 17.9 Å². The first-order valence-electron chi connectivity index (χ1n) is 4.94. The molecule has 5 nitrogen and oxygen atoms in total. The molecule has 1 aromatic heterocycles. The van der Waals surface area contributed by atoms with Gasteiger partial charge in [-0.25, -0.2) is 5.84 Å². The Labute approximate surface area is 107 Å². The predicted molar refractivity (Wildman–Crippen MR) is 70.6 cm³/mol. The van der Waals surface area contributed by atoms with E-state index in [0.29, 0.717) is 11.3 Å². The van der Waals surface area contributed by atoms with E-state index in [1.807, 2.05) is 18.2 Å². The smallest absolute Gasteiger partial charge is 0.268 e. The van der Waals surface area contributed by atoms with E-state index in [2.05, 4.69) is 31.7 Å². The highest BCUT2D eigenvalue weighted by atomic mass is 79.9. The number of aromatic nitrogens is 1. The van der Waals surface area contributed by atoms with Crippen LogP contribution in [0.25, 0.3) is 10.9 Å². The van der Waals surface area contributed by atoms with Gasteiger partial charge in [-0.3, -0.25) is 15.2 Å². The van der Waals surface area contributed by atoms with E-state index in [0.717, 1.165) is 15.4 Å². The quantitative estimate of drug-likeness (QED) is 0.447. The van der Waals surface area contributed by atoms with Crippen molar-refractivity contribution >= 4 is 38.4 Å². The Morgan fingerprint density at radius 2 is 2.24 bits per heavy atom. The number of fused-ring (bicyclic) bond motifs is 1. The van der Waals surface area contributed by atoms with Crippen LogP contribution < -0.4 is 16.6 Å². The van der Waals surface area contributed by atoms with E-state index in [1.54, 1.807) is 7.05 Å². The van der Waals surface area contributed by atoms with Gasteiger partial charge in [0.2, 0.25) is 0 Å². The number of anilines is 1. The number of pyridine rings is 1. The van der Waals surface area contributed by atoms with Crippen LogP contribution >= 0.6 is 15.9 Å². The number of carbonyl (C=O) groups is 1. The first kappa shape index (κ1) is 11.8. The summed E-state index contributed by atoms with van der Waals surface area (Å²) < 4.78 is 0.925. The van der Waals surface area contributed by atoms with Crippen molar-refractivity contribution in [3.05, 3.63) is 34.4 Å². The molecule has 0 atom stereocenters. The summed E-state index contributed by atoms with van der Waals surface area (Å²) in [4.78, 5) is 15.8. The van der Waals surface area contributed by atoms with Crippen molar-refractivity contribution in [1.29, 1.82) is 0 Å². The molecule has 17 heavy (non-hydrogen) atoms. The van der Waals surface area contributed by atoms with Crippen molar-refractivity contribution in [3.63, 3.8) is 0 Å². The van der Waals surface area contributed by atoms with Crippen LogP contribution in [0.15, 0.2) is 28.9 Å². The van der Waals surface area contributed by atoms with Crippen LogP contribution in [0.3, 0.4) is 0 Å². The van der Waals surface area contributed by atoms with Gasteiger partial charge in [-0.15, -0.1) is 0 Å². The molecule has 0 aliphatic rings. The van der Waals surface area contributed by atoms with Crippen LogP contribution in [0.1, 0.15) is 10.4 Å². The Bertz CT molecular complexity index is 585. The molecule has 0 spiro atoms. The maximum atomic E-state index is 11.6. The maximum absolute atomic E-state index is 11.6. The molecule has 0 bridgehead atoms. The van der Waals surface area contributed by atoms with Crippen molar-refractivity contribution in [3.8, 4) is 0 Å². The van der Waals surface area contributed by atoms with Crippen LogP contribution in [0.4, 0.5) is 5.69 Å². The number of hydrazine groups is 1. The van der Waals surface area contributed by atoms with Crippen LogP contribution in [0.2, 0.25) is 0 Å². The molecule has 1 amide bonds. The van der Waals surface area contributed by atoms with E-state index >= 15 is 0 Å². The minimum atomic E-state index is -0.372. The van der Waals surface area contributed by atoms with E-state index in [4.69, 9.17) is 5.84 Å². The molecule has 0 fully saturated rings. The lowest BCUT2D eigenvalue weighted by Crippen LogP contribution is -2.30. The monoisotopic (exact) mass is 294 g/mol. The molecule has 0 radical (unpaired) electrons. The lowest BCUT2D eigenvalue weighted by atomic mass is 10.1. The van der Waals surface area contributed by atoms with Gasteiger partial charge in [0.15, 0.2) is 0 Å². The Balaban J connectivity index is 2.76. The molecule has 0 aliphatic carbocycles. The normalized spacial score (nSPS) is 10.3. The highest BCUT2D eigenvalue weighted by Crippen LogP contribution is 2.28.